The molecule has 2 heterocycles. The summed E-state index contributed by atoms with van der Waals surface area (Å²) in [7, 11) is 2.20. The Morgan fingerprint density at radius 2 is 2.19 bits per heavy atom. The Labute approximate surface area is 163 Å². The lowest BCUT2D eigenvalue weighted by molar-refractivity contribution is -0.136. The normalized spacial score (nSPS) is 26.3. The molecule has 0 aromatic heterocycles. The average molecular weight is 368 g/mol. The van der Waals surface area contributed by atoms with Crippen molar-refractivity contribution in [3.63, 3.8) is 0 Å². The quantitative estimate of drug-likeness (QED) is 0.856. The van der Waals surface area contributed by atoms with E-state index >= 15 is 0 Å². The molecule has 0 bridgehead atoms. The van der Waals surface area contributed by atoms with Crippen molar-refractivity contribution < 1.29 is 4.79 Å². The zero-order chi connectivity index (χ0) is 19.1. The third kappa shape index (κ3) is 3.18. The second kappa shape index (κ2) is 7.31. The molecule has 27 heavy (non-hydrogen) atoms. The smallest absolute Gasteiger partial charge is 0.231 e. The van der Waals surface area contributed by atoms with Crippen LogP contribution < -0.4 is 5.32 Å². The molecule has 0 spiro atoms. The predicted molar refractivity (Wildman–Crippen MR) is 112 cm³/mol. The lowest BCUT2D eigenvalue weighted by Crippen LogP contribution is -2.49. The summed E-state index contributed by atoms with van der Waals surface area (Å²) in [4.78, 5) is 17.9. The largest absolute Gasteiger partial charge is 0.384 e. The van der Waals surface area contributed by atoms with Crippen LogP contribution in [0.4, 0.5) is 5.69 Å². The monoisotopic (exact) mass is 367 g/mol. The Kier molecular flexibility index (Phi) is 5.02. The van der Waals surface area contributed by atoms with E-state index in [0.717, 1.165) is 38.9 Å². The van der Waals surface area contributed by atoms with Gasteiger partial charge in [-0.1, -0.05) is 31.6 Å². The molecule has 146 valence electrons. The number of fused-ring (bicyclic) bond motifs is 2. The first kappa shape index (κ1) is 18.5. The summed E-state index contributed by atoms with van der Waals surface area (Å²) < 4.78 is 0. The molecule has 2 aliphatic heterocycles. The van der Waals surface area contributed by atoms with Crippen LogP contribution in [0.25, 0.3) is 5.57 Å². The minimum absolute atomic E-state index is 0.0396. The minimum atomic E-state index is -0.0396. The molecular formula is C23H33N3O. The molecule has 1 aromatic rings. The van der Waals surface area contributed by atoms with E-state index in [1.54, 1.807) is 0 Å². The third-order valence-corrected chi connectivity index (χ3v) is 6.60. The summed E-state index contributed by atoms with van der Waals surface area (Å²) >= 11 is 0. The van der Waals surface area contributed by atoms with Gasteiger partial charge in [-0.15, -0.1) is 0 Å². The van der Waals surface area contributed by atoms with E-state index in [2.05, 4.69) is 67.2 Å². The van der Waals surface area contributed by atoms with Crippen LogP contribution in [-0.4, -0.2) is 54.5 Å². The average Bonchev–Trinajstić information content (AvgIpc) is 3.07. The Balaban J connectivity index is 1.68. The number of rotatable bonds is 5. The third-order valence-electron chi connectivity index (χ3n) is 6.60. The molecule has 1 N–H and O–H groups in total. The van der Waals surface area contributed by atoms with Crippen molar-refractivity contribution in [1.29, 1.82) is 0 Å². The number of benzene rings is 1. The number of carbonyl (C=O) groups excluding carboxylic acids is 1. The van der Waals surface area contributed by atoms with Gasteiger partial charge >= 0.3 is 0 Å². The number of amides is 1. The Morgan fingerprint density at radius 1 is 1.37 bits per heavy atom. The molecule has 1 unspecified atom stereocenters. The summed E-state index contributed by atoms with van der Waals surface area (Å²) in [6, 6.07) is 7.30. The van der Waals surface area contributed by atoms with Gasteiger partial charge in [-0.2, -0.15) is 0 Å². The Bertz CT molecular complexity index is 754. The lowest BCUT2D eigenvalue weighted by Gasteiger charge is -2.43. The van der Waals surface area contributed by atoms with Gasteiger partial charge in [0.15, 0.2) is 0 Å². The summed E-state index contributed by atoms with van der Waals surface area (Å²) in [6.07, 6.45) is 5.66. The van der Waals surface area contributed by atoms with E-state index < -0.39 is 0 Å². The predicted octanol–water partition coefficient (Wildman–Crippen LogP) is 3.95. The van der Waals surface area contributed by atoms with Crippen molar-refractivity contribution in [2.75, 3.05) is 32.0 Å². The maximum atomic E-state index is 13.4. The van der Waals surface area contributed by atoms with Crippen LogP contribution in [0.5, 0.6) is 0 Å². The molecule has 1 aromatic carbocycles. The molecule has 0 saturated carbocycles. The molecule has 4 nitrogen and oxygen atoms in total. The fourth-order valence-electron chi connectivity index (χ4n) is 5.16. The highest BCUT2D eigenvalue weighted by Crippen LogP contribution is 2.48. The van der Waals surface area contributed by atoms with Gasteiger partial charge in [0.1, 0.15) is 0 Å². The highest BCUT2D eigenvalue weighted by molar-refractivity contribution is 5.87. The maximum absolute atomic E-state index is 13.4. The number of nitrogens with one attached hydrogen (secondary N) is 1. The van der Waals surface area contributed by atoms with Crippen molar-refractivity contribution in [3.8, 4) is 0 Å². The Morgan fingerprint density at radius 3 is 2.93 bits per heavy atom. The van der Waals surface area contributed by atoms with Crippen LogP contribution in [0, 0.1) is 5.92 Å². The van der Waals surface area contributed by atoms with Crippen molar-refractivity contribution in [1.82, 2.24) is 9.80 Å². The van der Waals surface area contributed by atoms with E-state index in [-0.39, 0.29) is 12.0 Å². The zero-order valence-corrected chi connectivity index (χ0v) is 17.2. The van der Waals surface area contributed by atoms with Gasteiger partial charge in [0.25, 0.3) is 0 Å². The number of nitrogens with zero attached hydrogens (tertiary/aromatic N) is 2. The molecular weight excluding hydrogens is 334 g/mol. The summed E-state index contributed by atoms with van der Waals surface area (Å²) in [5.41, 5.74) is 5.51. The van der Waals surface area contributed by atoms with Crippen LogP contribution in [0.3, 0.4) is 0 Å². The van der Waals surface area contributed by atoms with E-state index in [4.69, 9.17) is 0 Å². The first-order valence-corrected chi connectivity index (χ1v) is 10.6. The van der Waals surface area contributed by atoms with Gasteiger partial charge in [-0.3, -0.25) is 9.69 Å². The van der Waals surface area contributed by atoms with Gasteiger partial charge in [0, 0.05) is 43.3 Å². The van der Waals surface area contributed by atoms with Crippen molar-refractivity contribution in [3.05, 3.63) is 35.4 Å². The number of unbranched alkanes of at least 4 members (excludes halogenated alkanes) is 1. The van der Waals surface area contributed by atoms with E-state index in [1.165, 1.54) is 22.4 Å². The summed E-state index contributed by atoms with van der Waals surface area (Å²) in [5.74, 6) is 0.858. The second-order valence-corrected chi connectivity index (χ2v) is 8.74. The molecule has 0 fully saturated rings. The van der Waals surface area contributed by atoms with Crippen LogP contribution in [0.1, 0.15) is 57.1 Å². The molecule has 3 atom stereocenters. The molecule has 1 aliphatic carbocycles. The van der Waals surface area contributed by atoms with Crippen molar-refractivity contribution in [2.45, 2.75) is 58.0 Å². The number of likely N-dealkylation sites (N-methyl/N-ethyl adjacent to an activating group) is 1. The van der Waals surface area contributed by atoms with Crippen LogP contribution in [-0.2, 0) is 4.79 Å². The molecule has 4 rings (SSSR count). The summed E-state index contributed by atoms with van der Waals surface area (Å²) in [5, 5.41) is 3.58. The van der Waals surface area contributed by atoms with Gasteiger partial charge in [-0.25, -0.2) is 0 Å². The van der Waals surface area contributed by atoms with E-state index in [0.29, 0.717) is 17.9 Å². The van der Waals surface area contributed by atoms with Gasteiger partial charge < -0.3 is 10.2 Å². The van der Waals surface area contributed by atoms with Gasteiger partial charge in [0.05, 0.1) is 5.92 Å². The van der Waals surface area contributed by atoms with Crippen molar-refractivity contribution in [2.24, 2.45) is 5.92 Å². The van der Waals surface area contributed by atoms with Gasteiger partial charge in [-0.05, 0) is 56.5 Å². The van der Waals surface area contributed by atoms with Gasteiger partial charge in [0.2, 0.25) is 5.91 Å². The second-order valence-electron chi connectivity index (χ2n) is 8.74. The van der Waals surface area contributed by atoms with E-state index in [1.807, 2.05) is 0 Å². The van der Waals surface area contributed by atoms with Crippen molar-refractivity contribution >= 4 is 17.2 Å². The maximum Gasteiger partial charge on any atom is 0.231 e. The molecule has 1 amide bonds. The minimum Gasteiger partial charge on any atom is -0.384 e. The fraction of sp³-hybridized carbons (Fsp3) is 0.609. The van der Waals surface area contributed by atoms with Crippen LogP contribution in [0.2, 0.25) is 0 Å². The summed E-state index contributed by atoms with van der Waals surface area (Å²) in [6.45, 7) is 9.20. The molecule has 0 saturated heterocycles. The number of hydrogen-bond acceptors (Lipinski definition) is 3. The topological polar surface area (TPSA) is 35.6 Å². The zero-order valence-electron chi connectivity index (χ0n) is 17.2. The van der Waals surface area contributed by atoms with E-state index in [9.17, 15) is 4.79 Å². The molecule has 4 heteroatoms. The SMILES string of the molecule is CCCCN(C(=O)[C@@H]1C=C2c3cccc4c3C(CN4)C[C@H]2N(C)C1)C(C)C. The fourth-order valence-corrected chi connectivity index (χ4v) is 5.16. The standard InChI is InChI=1S/C23H33N3O/c1-5-6-10-26(15(2)3)23(27)17-11-19-18-8-7-9-20-22(18)16(13-24-20)12-21(19)25(4)14-17/h7-9,11,15-17,21,24H,5-6,10,12-14H2,1-4H3/t16?,17-,21-/m1/s1. The lowest BCUT2D eigenvalue weighted by atomic mass is 9.74. The number of anilines is 1. The molecule has 3 aliphatic rings. The highest BCUT2D eigenvalue weighted by Gasteiger charge is 2.41. The van der Waals surface area contributed by atoms with Crippen LogP contribution >= 0.6 is 0 Å². The number of hydrogen-bond donors (Lipinski definition) is 1. The first-order chi connectivity index (χ1) is 13.0. The number of carbonyl (C=O) groups is 1. The first-order valence-electron chi connectivity index (χ1n) is 10.6. The Hall–Kier alpha value is -1.81. The van der Waals surface area contributed by atoms with Crippen LogP contribution in [0.15, 0.2) is 24.3 Å². The molecule has 0 radical (unpaired) electrons. The highest BCUT2D eigenvalue weighted by atomic mass is 16.2.